The first-order valence-electron chi connectivity index (χ1n) is 3.95. The number of nitrogens with one attached hydrogen (secondary N) is 1. The zero-order chi connectivity index (χ0) is 9.10. The Labute approximate surface area is 75.4 Å². The van der Waals surface area contributed by atoms with E-state index in [1.54, 1.807) is 0 Å². The third-order valence-electron chi connectivity index (χ3n) is 1.70. The molecule has 0 unspecified atom stereocenters. The third-order valence-corrected chi connectivity index (χ3v) is 1.70. The molecule has 0 spiro atoms. The average molecular weight is 178 g/mol. The van der Waals surface area contributed by atoms with Crippen LogP contribution in [-0.4, -0.2) is 14.8 Å². The van der Waals surface area contributed by atoms with Crippen molar-refractivity contribution in [1.82, 2.24) is 14.8 Å². The van der Waals surface area contributed by atoms with Gasteiger partial charge in [0.1, 0.15) is 0 Å². The van der Waals surface area contributed by atoms with Crippen molar-refractivity contribution in [2.75, 3.05) is 5.32 Å². The van der Waals surface area contributed by atoms with Gasteiger partial charge in [-0.25, -0.2) is 0 Å². The number of anilines is 1. The molecule has 0 aromatic carbocycles. The number of hydrogen-bond donors (Lipinski definition) is 1. The van der Waals surface area contributed by atoms with Crippen LogP contribution >= 0.6 is 0 Å². The van der Waals surface area contributed by atoms with Gasteiger partial charge in [-0.1, -0.05) is 5.10 Å². The Balaban J connectivity index is 1.93. The lowest BCUT2D eigenvalue weighted by Gasteiger charge is -1.96. The predicted octanol–water partition coefficient (Wildman–Crippen LogP) is 1.02. The van der Waals surface area contributed by atoms with Gasteiger partial charge >= 0.3 is 6.01 Å². The van der Waals surface area contributed by atoms with Crippen LogP contribution in [0.4, 0.5) is 6.01 Å². The number of rotatable bonds is 3. The predicted molar refractivity (Wildman–Crippen MR) is 47.0 cm³/mol. The van der Waals surface area contributed by atoms with E-state index in [1.807, 2.05) is 30.1 Å². The Hall–Kier alpha value is -1.78. The summed E-state index contributed by atoms with van der Waals surface area (Å²) in [6, 6.07) is 2.48. The van der Waals surface area contributed by atoms with Crippen molar-refractivity contribution in [3.8, 4) is 0 Å². The van der Waals surface area contributed by atoms with Crippen LogP contribution in [0.1, 0.15) is 5.56 Å². The maximum atomic E-state index is 4.92. The van der Waals surface area contributed by atoms with Crippen LogP contribution in [-0.2, 0) is 13.6 Å². The summed E-state index contributed by atoms with van der Waals surface area (Å²) in [5.74, 6) is 0. The fourth-order valence-corrected chi connectivity index (χ4v) is 1.09. The molecule has 0 aliphatic rings. The second-order valence-corrected chi connectivity index (χ2v) is 2.78. The fraction of sp³-hybridized carbons (Fsp3) is 0.250. The molecule has 0 radical (unpaired) electrons. The molecule has 2 aromatic rings. The molecule has 0 fully saturated rings. The Morgan fingerprint density at radius 2 is 2.54 bits per heavy atom. The Morgan fingerprint density at radius 3 is 3.15 bits per heavy atom. The Bertz CT molecular complexity index is 365. The fourth-order valence-electron chi connectivity index (χ4n) is 1.09. The highest BCUT2D eigenvalue weighted by atomic mass is 16.4. The maximum Gasteiger partial charge on any atom is 0.315 e. The van der Waals surface area contributed by atoms with Crippen molar-refractivity contribution >= 4 is 6.01 Å². The molecule has 0 saturated carbocycles. The molecule has 5 nitrogen and oxygen atoms in total. The van der Waals surface area contributed by atoms with Crippen LogP contribution in [0.15, 0.2) is 29.3 Å². The van der Waals surface area contributed by atoms with E-state index in [-0.39, 0.29) is 0 Å². The van der Waals surface area contributed by atoms with Crippen molar-refractivity contribution in [2.24, 2.45) is 7.05 Å². The summed E-state index contributed by atoms with van der Waals surface area (Å²) >= 11 is 0. The first-order chi connectivity index (χ1) is 6.34. The highest BCUT2D eigenvalue weighted by Crippen LogP contribution is 2.04. The highest BCUT2D eigenvalue weighted by Gasteiger charge is 1.98. The summed E-state index contributed by atoms with van der Waals surface area (Å²) < 4.78 is 6.91. The molecule has 0 bridgehead atoms. The lowest BCUT2D eigenvalue weighted by Crippen LogP contribution is -1.98. The smallest absolute Gasteiger partial charge is 0.315 e. The maximum absolute atomic E-state index is 4.92. The van der Waals surface area contributed by atoms with Crippen molar-refractivity contribution in [3.63, 3.8) is 0 Å². The minimum absolute atomic E-state index is 0.448. The molecule has 0 aliphatic heterocycles. The van der Waals surface area contributed by atoms with E-state index >= 15 is 0 Å². The Kier molecular flexibility index (Phi) is 1.99. The van der Waals surface area contributed by atoms with Crippen LogP contribution in [0.3, 0.4) is 0 Å². The van der Waals surface area contributed by atoms with Gasteiger partial charge in [0, 0.05) is 26.0 Å². The third kappa shape index (κ3) is 1.87. The summed E-state index contributed by atoms with van der Waals surface area (Å²) in [5.41, 5.74) is 1.18. The zero-order valence-corrected chi connectivity index (χ0v) is 7.27. The molecule has 1 N–H and O–H groups in total. The van der Waals surface area contributed by atoms with Crippen molar-refractivity contribution < 1.29 is 4.42 Å². The first-order valence-corrected chi connectivity index (χ1v) is 3.95. The lowest BCUT2D eigenvalue weighted by atomic mass is 10.3. The molecule has 13 heavy (non-hydrogen) atoms. The summed E-state index contributed by atoms with van der Waals surface area (Å²) in [6.45, 7) is 0.697. The number of aromatic nitrogens is 3. The largest absolute Gasteiger partial charge is 0.411 e. The minimum Gasteiger partial charge on any atom is -0.411 e. The number of nitrogens with zero attached hydrogens (tertiary/aromatic N) is 3. The molecule has 0 atom stereocenters. The van der Waals surface area contributed by atoms with Gasteiger partial charge in [0.25, 0.3) is 0 Å². The second-order valence-electron chi connectivity index (χ2n) is 2.78. The molecule has 0 aliphatic carbocycles. The second kappa shape index (κ2) is 3.30. The Morgan fingerprint density at radius 1 is 1.62 bits per heavy atom. The molecule has 2 heterocycles. The molecule has 68 valence electrons. The standard InChI is InChI=1S/C8H10N4O/c1-12-3-2-7(5-12)4-9-8-11-10-6-13-8/h2-3,5-6H,4H2,1H3,(H,9,11). The van der Waals surface area contributed by atoms with E-state index in [0.29, 0.717) is 12.6 Å². The van der Waals surface area contributed by atoms with Gasteiger partial charge in [0.05, 0.1) is 0 Å². The van der Waals surface area contributed by atoms with Crippen molar-refractivity contribution in [1.29, 1.82) is 0 Å². The normalized spacial score (nSPS) is 10.2. The monoisotopic (exact) mass is 178 g/mol. The SMILES string of the molecule is Cn1ccc(CNc2nnco2)c1. The van der Waals surface area contributed by atoms with Gasteiger partial charge in [-0.05, 0) is 11.6 Å². The van der Waals surface area contributed by atoms with Gasteiger partial charge in [-0.15, -0.1) is 5.10 Å². The van der Waals surface area contributed by atoms with E-state index in [4.69, 9.17) is 4.42 Å². The van der Waals surface area contributed by atoms with Crippen LogP contribution < -0.4 is 5.32 Å². The summed E-state index contributed by atoms with van der Waals surface area (Å²) in [4.78, 5) is 0. The van der Waals surface area contributed by atoms with E-state index in [1.165, 1.54) is 12.0 Å². The van der Waals surface area contributed by atoms with Crippen molar-refractivity contribution in [2.45, 2.75) is 6.54 Å². The van der Waals surface area contributed by atoms with E-state index < -0.39 is 0 Å². The van der Waals surface area contributed by atoms with Gasteiger partial charge in [0.15, 0.2) is 0 Å². The van der Waals surface area contributed by atoms with Crippen LogP contribution in [0, 0.1) is 0 Å². The first kappa shape index (κ1) is 7.85. The summed E-state index contributed by atoms with van der Waals surface area (Å²) in [6.07, 6.45) is 5.32. The van der Waals surface area contributed by atoms with Crippen LogP contribution in [0.2, 0.25) is 0 Å². The lowest BCUT2D eigenvalue weighted by molar-refractivity contribution is 0.565. The van der Waals surface area contributed by atoms with Crippen LogP contribution in [0.5, 0.6) is 0 Å². The van der Waals surface area contributed by atoms with Gasteiger partial charge in [0.2, 0.25) is 6.39 Å². The van der Waals surface area contributed by atoms with E-state index in [0.717, 1.165) is 0 Å². The number of aryl methyl sites for hydroxylation is 1. The van der Waals surface area contributed by atoms with Gasteiger partial charge < -0.3 is 14.3 Å². The molecule has 0 amide bonds. The van der Waals surface area contributed by atoms with Crippen LogP contribution in [0.25, 0.3) is 0 Å². The molecular weight excluding hydrogens is 168 g/mol. The van der Waals surface area contributed by atoms with Gasteiger partial charge in [-0.3, -0.25) is 0 Å². The molecule has 0 saturated heterocycles. The molecule has 5 heteroatoms. The van der Waals surface area contributed by atoms with Gasteiger partial charge in [-0.2, -0.15) is 0 Å². The average Bonchev–Trinajstić information content (AvgIpc) is 2.71. The summed E-state index contributed by atoms with van der Waals surface area (Å²) in [7, 11) is 1.98. The van der Waals surface area contributed by atoms with E-state index in [2.05, 4.69) is 15.5 Å². The quantitative estimate of drug-likeness (QED) is 0.762. The number of hydrogen-bond acceptors (Lipinski definition) is 4. The topological polar surface area (TPSA) is 55.9 Å². The molecule has 2 rings (SSSR count). The van der Waals surface area contributed by atoms with E-state index in [9.17, 15) is 0 Å². The zero-order valence-electron chi connectivity index (χ0n) is 7.27. The molecule has 2 aromatic heterocycles. The summed E-state index contributed by atoms with van der Waals surface area (Å²) in [5, 5.41) is 10.3. The van der Waals surface area contributed by atoms with Crippen molar-refractivity contribution in [3.05, 3.63) is 30.4 Å². The molecular formula is C8H10N4O. The highest BCUT2D eigenvalue weighted by molar-refractivity contribution is 5.21. The minimum atomic E-state index is 0.448.